The van der Waals surface area contributed by atoms with Gasteiger partial charge in [0, 0.05) is 17.3 Å². The van der Waals surface area contributed by atoms with Crippen LogP contribution in [0.5, 0.6) is 0 Å². The molecule has 0 aliphatic heterocycles. The van der Waals surface area contributed by atoms with E-state index in [9.17, 15) is 13.6 Å². The molecular formula is C16H14F2N2O. The van der Waals surface area contributed by atoms with E-state index in [0.29, 0.717) is 11.4 Å². The summed E-state index contributed by atoms with van der Waals surface area (Å²) in [7, 11) is 0. The Morgan fingerprint density at radius 3 is 2.10 bits per heavy atom. The van der Waals surface area contributed by atoms with Gasteiger partial charge in [-0.05, 0) is 49.2 Å². The predicted molar refractivity (Wildman–Crippen MR) is 77.4 cm³/mol. The van der Waals surface area contributed by atoms with Crippen molar-refractivity contribution in [2.75, 3.05) is 10.6 Å². The second-order valence-electron chi connectivity index (χ2n) is 5.06. The minimum atomic E-state index is -0.652. The summed E-state index contributed by atoms with van der Waals surface area (Å²) in [6.07, 6.45) is 1.88. The van der Waals surface area contributed by atoms with E-state index in [-0.39, 0.29) is 17.5 Å². The van der Waals surface area contributed by atoms with E-state index in [1.54, 1.807) is 24.3 Å². The SMILES string of the molecule is O=C(Nc1ccc(Nc2c(F)cccc2F)cc1)C1CC1. The van der Waals surface area contributed by atoms with Gasteiger partial charge in [-0.2, -0.15) is 0 Å². The van der Waals surface area contributed by atoms with Crippen LogP contribution in [0.4, 0.5) is 25.8 Å². The summed E-state index contributed by atoms with van der Waals surface area (Å²) < 4.78 is 27.0. The number of hydrogen-bond donors (Lipinski definition) is 2. The fourth-order valence-electron chi connectivity index (χ4n) is 1.99. The van der Waals surface area contributed by atoms with Gasteiger partial charge in [-0.1, -0.05) is 6.07 Å². The van der Waals surface area contributed by atoms with Crippen molar-refractivity contribution >= 4 is 23.0 Å². The Bertz CT molecular complexity index is 646. The summed E-state index contributed by atoms with van der Waals surface area (Å²) in [5.74, 6) is -1.15. The van der Waals surface area contributed by atoms with Gasteiger partial charge in [-0.25, -0.2) is 8.78 Å². The highest BCUT2D eigenvalue weighted by Gasteiger charge is 2.29. The van der Waals surface area contributed by atoms with E-state index < -0.39 is 11.6 Å². The number of amides is 1. The van der Waals surface area contributed by atoms with E-state index in [1.807, 2.05) is 0 Å². The van der Waals surface area contributed by atoms with Crippen LogP contribution in [0.25, 0.3) is 0 Å². The molecule has 1 saturated carbocycles. The van der Waals surface area contributed by atoms with Crippen LogP contribution in [0, 0.1) is 17.6 Å². The van der Waals surface area contributed by atoms with Crippen LogP contribution in [-0.4, -0.2) is 5.91 Å². The maximum Gasteiger partial charge on any atom is 0.227 e. The number of hydrogen-bond acceptors (Lipinski definition) is 2. The summed E-state index contributed by atoms with van der Waals surface area (Å²) in [6, 6.07) is 10.4. The van der Waals surface area contributed by atoms with Crippen LogP contribution in [0.2, 0.25) is 0 Å². The van der Waals surface area contributed by atoms with E-state index >= 15 is 0 Å². The van der Waals surface area contributed by atoms with Crippen molar-refractivity contribution in [1.29, 1.82) is 0 Å². The number of anilines is 3. The number of benzene rings is 2. The normalized spacial score (nSPS) is 13.8. The molecule has 0 saturated heterocycles. The average molecular weight is 288 g/mol. The van der Waals surface area contributed by atoms with E-state index in [0.717, 1.165) is 12.8 Å². The van der Waals surface area contributed by atoms with Crippen molar-refractivity contribution in [2.45, 2.75) is 12.8 Å². The van der Waals surface area contributed by atoms with E-state index in [4.69, 9.17) is 0 Å². The van der Waals surface area contributed by atoms with Crippen LogP contribution in [0.15, 0.2) is 42.5 Å². The Labute approximate surface area is 121 Å². The Hall–Kier alpha value is -2.43. The molecule has 0 spiro atoms. The summed E-state index contributed by atoms with van der Waals surface area (Å²) in [6.45, 7) is 0. The average Bonchev–Trinajstić information content (AvgIpc) is 3.29. The molecule has 21 heavy (non-hydrogen) atoms. The van der Waals surface area contributed by atoms with Crippen LogP contribution in [-0.2, 0) is 4.79 Å². The molecule has 0 heterocycles. The van der Waals surface area contributed by atoms with Gasteiger partial charge in [0.15, 0.2) is 0 Å². The molecule has 1 aliphatic rings. The highest BCUT2D eigenvalue weighted by atomic mass is 19.1. The number of halogens is 2. The lowest BCUT2D eigenvalue weighted by Crippen LogP contribution is -2.13. The maximum atomic E-state index is 13.5. The first-order chi connectivity index (χ1) is 10.1. The minimum absolute atomic E-state index is 0.0239. The molecular weight excluding hydrogens is 274 g/mol. The summed E-state index contributed by atoms with van der Waals surface area (Å²) in [4.78, 5) is 11.6. The van der Waals surface area contributed by atoms with Crippen molar-refractivity contribution in [2.24, 2.45) is 5.92 Å². The van der Waals surface area contributed by atoms with Crippen LogP contribution in [0.1, 0.15) is 12.8 Å². The van der Waals surface area contributed by atoms with Gasteiger partial charge in [0.2, 0.25) is 5.91 Å². The molecule has 1 amide bonds. The van der Waals surface area contributed by atoms with Crippen LogP contribution >= 0.6 is 0 Å². The Balaban J connectivity index is 1.70. The molecule has 0 aromatic heterocycles. The van der Waals surface area contributed by atoms with Crippen molar-refractivity contribution < 1.29 is 13.6 Å². The molecule has 0 atom stereocenters. The van der Waals surface area contributed by atoms with E-state index in [2.05, 4.69) is 10.6 Å². The zero-order valence-corrected chi connectivity index (χ0v) is 11.2. The van der Waals surface area contributed by atoms with Crippen LogP contribution < -0.4 is 10.6 Å². The Morgan fingerprint density at radius 1 is 0.952 bits per heavy atom. The first-order valence-corrected chi connectivity index (χ1v) is 6.75. The molecule has 0 radical (unpaired) electrons. The first kappa shape index (κ1) is 13.5. The lowest BCUT2D eigenvalue weighted by Gasteiger charge is -2.10. The second kappa shape index (κ2) is 5.52. The molecule has 2 aromatic rings. The fourth-order valence-corrected chi connectivity index (χ4v) is 1.99. The smallest absolute Gasteiger partial charge is 0.227 e. The third kappa shape index (κ3) is 3.18. The quantitative estimate of drug-likeness (QED) is 0.891. The molecule has 2 aromatic carbocycles. The van der Waals surface area contributed by atoms with Gasteiger partial charge in [-0.15, -0.1) is 0 Å². The lowest BCUT2D eigenvalue weighted by molar-refractivity contribution is -0.117. The van der Waals surface area contributed by atoms with Gasteiger partial charge in [0.05, 0.1) is 0 Å². The fraction of sp³-hybridized carbons (Fsp3) is 0.188. The van der Waals surface area contributed by atoms with Crippen molar-refractivity contribution in [3.63, 3.8) is 0 Å². The largest absolute Gasteiger partial charge is 0.351 e. The molecule has 1 fully saturated rings. The zero-order valence-electron chi connectivity index (χ0n) is 11.2. The molecule has 3 nitrogen and oxygen atoms in total. The third-order valence-corrected chi connectivity index (χ3v) is 3.33. The van der Waals surface area contributed by atoms with Gasteiger partial charge in [-0.3, -0.25) is 4.79 Å². The first-order valence-electron chi connectivity index (χ1n) is 6.75. The standard InChI is InChI=1S/C16H14F2N2O/c17-13-2-1-3-14(18)15(13)19-11-6-8-12(9-7-11)20-16(21)10-4-5-10/h1-3,6-10,19H,4-5H2,(H,20,21). The van der Waals surface area contributed by atoms with E-state index in [1.165, 1.54) is 18.2 Å². The molecule has 108 valence electrons. The summed E-state index contributed by atoms with van der Waals surface area (Å²) >= 11 is 0. The number of carbonyl (C=O) groups is 1. The number of nitrogens with one attached hydrogen (secondary N) is 2. The van der Waals surface area contributed by atoms with Gasteiger partial charge >= 0.3 is 0 Å². The summed E-state index contributed by atoms with van der Waals surface area (Å²) in [5.41, 5.74) is 1.03. The number of para-hydroxylation sites is 1. The molecule has 0 bridgehead atoms. The highest BCUT2D eigenvalue weighted by Crippen LogP contribution is 2.30. The van der Waals surface area contributed by atoms with Crippen molar-refractivity contribution in [1.82, 2.24) is 0 Å². The molecule has 0 unspecified atom stereocenters. The molecule has 2 N–H and O–H groups in total. The van der Waals surface area contributed by atoms with Gasteiger partial charge < -0.3 is 10.6 Å². The maximum absolute atomic E-state index is 13.5. The number of carbonyl (C=O) groups excluding carboxylic acids is 1. The summed E-state index contributed by atoms with van der Waals surface area (Å²) in [5, 5.41) is 5.50. The Morgan fingerprint density at radius 2 is 1.52 bits per heavy atom. The monoisotopic (exact) mass is 288 g/mol. The molecule has 5 heteroatoms. The van der Waals surface area contributed by atoms with Crippen molar-refractivity contribution in [3.05, 3.63) is 54.1 Å². The predicted octanol–water partition coefficient (Wildman–Crippen LogP) is 4.06. The highest BCUT2D eigenvalue weighted by molar-refractivity contribution is 5.94. The Kier molecular flexibility index (Phi) is 3.56. The topological polar surface area (TPSA) is 41.1 Å². The zero-order chi connectivity index (χ0) is 14.8. The molecule has 3 rings (SSSR count). The van der Waals surface area contributed by atoms with Crippen molar-refractivity contribution in [3.8, 4) is 0 Å². The lowest BCUT2D eigenvalue weighted by atomic mass is 10.2. The van der Waals surface area contributed by atoms with Gasteiger partial charge in [0.25, 0.3) is 0 Å². The second-order valence-corrected chi connectivity index (χ2v) is 5.06. The minimum Gasteiger partial charge on any atom is -0.351 e. The number of rotatable bonds is 4. The third-order valence-electron chi connectivity index (χ3n) is 3.33. The van der Waals surface area contributed by atoms with Crippen LogP contribution in [0.3, 0.4) is 0 Å². The molecule has 1 aliphatic carbocycles. The van der Waals surface area contributed by atoms with Gasteiger partial charge in [0.1, 0.15) is 17.3 Å².